The monoisotopic (exact) mass is 411 g/mol. The van der Waals surface area contributed by atoms with E-state index >= 15 is 0 Å². The lowest BCUT2D eigenvalue weighted by atomic mass is 10.1. The van der Waals surface area contributed by atoms with E-state index in [9.17, 15) is 4.79 Å². The van der Waals surface area contributed by atoms with Gasteiger partial charge in [-0.2, -0.15) is 0 Å². The highest BCUT2D eigenvalue weighted by Crippen LogP contribution is 2.21. The summed E-state index contributed by atoms with van der Waals surface area (Å²) in [5.41, 5.74) is 4.33. The zero-order valence-corrected chi connectivity index (χ0v) is 17.3. The Morgan fingerprint density at radius 2 is 1.86 bits per heavy atom. The van der Waals surface area contributed by atoms with Crippen LogP contribution in [-0.4, -0.2) is 40.5 Å². The average molecular weight is 412 g/mol. The first-order valence-electron chi connectivity index (χ1n) is 9.79. The van der Waals surface area contributed by atoms with Crippen molar-refractivity contribution in [2.45, 2.75) is 19.8 Å². The molecule has 3 aromatic rings. The minimum atomic E-state index is -0.157. The van der Waals surface area contributed by atoms with Gasteiger partial charge in [-0.05, 0) is 62.0 Å². The maximum absolute atomic E-state index is 12.5. The first-order valence-corrected chi connectivity index (χ1v) is 9.79. The number of aromatic nitrogens is 3. The van der Waals surface area contributed by atoms with Crippen LogP contribution in [0.1, 0.15) is 29.0 Å². The lowest BCUT2D eigenvalue weighted by molar-refractivity contribution is 0.0946. The molecular weight excluding hydrogens is 386 g/mol. The molecule has 1 aliphatic heterocycles. The number of amides is 1. The Morgan fingerprint density at radius 1 is 1.14 bits per heavy atom. The summed E-state index contributed by atoms with van der Waals surface area (Å²) in [6.07, 6.45) is 2.18. The molecule has 152 valence electrons. The van der Waals surface area contributed by atoms with E-state index in [2.05, 4.69) is 45.2 Å². The predicted molar refractivity (Wildman–Crippen MR) is 117 cm³/mol. The van der Waals surface area contributed by atoms with Gasteiger partial charge in [-0.25, -0.2) is 4.68 Å². The zero-order valence-electron chi connectivity index (χ0n) is 16.5. The molecule has 1 aromatic heterocycles. The summed E-state index contributed by atoms with van der Waals surface area (Å²) >= 11 is 0. The molecule has 2 heterocycles. The van der Waals surface area contributed by atoms with E-state index in [1.54, 1.807) is 4.68 Å². The van der Waals surface area contributed by atoms with Crippen molar-refractivity contribution < 1.29 is 4.79 Å². The summed E-state index contributed by atoms with van der Waals surface area (Å²) in [4.78, 5) is 12.5. The zero-order chi connectivity index (χ0) is 19.3. The third-order valence-corrected chi connectivity index (χ3v) is 5.33. The van der Waals surface area contributed by atoms with Gasteiger partial charge in [-0.3, -0.25) is 4.79 Å². The molecule has 1 fully saturated rings. The van der Waals surface area contributed by atoms with E-state index in [0.29, 0.717) is 18.2 Å². The van der Waals surface area contributed by atoms with E-state index < -0.39 is 0 Å². The first-order chi connectivity index (χ1) is 13.7. The average Bonchev–Trinajstić information content (AvgIpc) is 3.38. The number of halogens is 1. The van der Waals surface area contributed by atoms with Gasteiger partial charge < -0.3 is 10.6 Å². The second kappa shape index (κ2) is 9.67. The molecule has 1 atom stereocenters. The molecule has 1 aliphatic rings. The van der Waals surface area contributed by atoms with Crippen molar-refractivity contribution in [3.05, 3.63) is 66.0 Å². The van der Waals surface area contributed by atoms with E-state index in [0.717, 1.165) is 36.5 Å². The Kier molecular flexibility index (Phi) is 7.01. The second-order valence-corrected chi connectivity index (χ2v) is 7.25. The second-order valence-electron chi connectivity index (χ2n) is 7.25. The van der Waals surface area contributed by atoms with E-state index in [-0.39, 0.29) is 18.3 Å². The van der Waals surface area contributed by atoms with Crippen LogP contribution in [0.25, 0.3) is 16.8 Å². The summed E-state index contributed by atoms with van der Waals surface area (Å²) in [6, 6.07) is 18.3. The van der Waals surface area contributed by atoms with Crippen LogP contribution < -0.4 is 10.6 Å². The minimum Gasteiger partial charge on any atom is -0.351 e. The smallest absolute Gasteiger partial charge is 0.273 e. The summed E-state index contributed by atoms with van der Waals surface area (Å²) in [6.45, 7) is 4.67. The van der Waals surface area contributed by atoms with Crippen LogP contribution in [-0.2, 0) is 0 Å². The van der Waals surface area contributed by atoms with Gasteiger partial charge in [0.25, 0.3) is 5.91 Å². The summed E-state index contributed by atoms with van der Waals surface area (Å²) in [5.74, 6) is 0.496. The highest BCUT2D eigenvalue weighted by Gasteiger charge is 2.18. The van der Waals surface area contributed by atoms with Crippen LogP contribution in [0.5, 0.6) is 0 Å². The van der Waals surface area contributed by atoms with Gasteiger partial charge >= 0.3 is 0 Å². The maximum Gasteiger partial charge on any atom is 0.273 e. The third kappa shape index (κ3) is 4.83. The molecule has 7 heteroatoms. The molecular formula is C22H26ClN5O. The van der Waals surface area contributed by atoms with Gasteiger partial charge in [-0.1, -0.05) is 47.7 Å². The van der Waals surface area contributed by atoms with Gasteiger partial charge in [0, 0.05) is 6.54 Å². The van der Waals surface area contributed by atoms with Crippen LogP contribution in [0.3, 0.4) is 0 Å². The molecule has 6 nitrogen and oxygen atoms in total. The van der Waals surface area contributed by atoms with Crippen molar-refractivity contribution in [2.24, 2.45) is 5.92 Å². The normalized spacial score (nSPS) is 15.7. The molecule has 1 amide bonds. The minimum absolute atomic E-state index is 0. The van der Waals surface area contributed by atoms with Crippen molar-refractivity contribution in [3.63, 3.8) is 0 Å². The first kappa shape index (κ1) is 21.0. The number of benzene rings is 2. The van der Waals surface area contributed by atoms with Crippen LogP contribution in [0.15, 0.2) is 54.6 Å². The van der Waals surface area contributed by atoms with Crippen molar-refractivity contribution in [1.29, 1.82) is 0 Å². The van der Waals surface area contributed by atoms with Crippen LogP contribution in [0.2, 0.25) is 0 Å². The van der Waals surface area contributed by atoms with Gasteiger partial charge in [0.2, 0.25) is 0 Å². The van der Waals surface area contributed by atoms with Crippen LogP contribution in [0.4, 0.5) is 0 Å². The molecule has 1 saturated heterocycles. The van der Waals surface area contributed by atoms with E-state index in [4.69, 9.17) is 0 Å². The molecule has 29 heavy (non-hydrogen) atoms. The Hall–Kier alpha value is -2.70. The largest absolute Gasteiger partial charge is 0.351 e. The summed E-state index contributed by atoms with van der Waals surface area (Å²) in [5, 5.41) is 14.6. The Labute approximate surface area is 177 Å². The van der Waals surface area contributed by atoms with Crippen LogP contribution >= 0.6 is 12.4 Å². The Morgan fingerprint density at radius 3 is 2.55 bits per heavy atom. The lowest BCUT2D eigenvalue weighted by Gasteiger charge is -2.09. The lowest BCUT2D eigenvalue weighted by Crippen LogP contribution is -2.27. The van der Waals surface area contributed by atoms with Crippen molar-refractivity contribution in [2.75, 3.05) is 19.6 Å². The predicted octanol–water partition coefficient (Wildman–Crippen LogP) is 3.39. The quantitative estimate of drug-likeness (QED) is 0.652. The Bertz CT molecular complexity index is 934. The standard InChI is InChI=1S/C22H25N5O.ClH/c1-16-21(22(28)24-14-12-17-11-13-23-15-17)25-26-27(16)20-9-7-19(8-10-20)18-5-3-2-4-6-18;/h2-10,17,23H,11-15H2,1H3,(H,24,28);1H. The number of nitrogens with zero attached hydrogens (tertiary/aromatic N) is 3. The van der Waals surface area contributed by atoms with Gasteiger partial charge in [0.1, 0.15) is 0 Å². The molecule has 2 N–H and O–H groups in total. The SMILES string of the molecule is Cc1c(C(=O)NCCC2CCNC2)nnn1-c1ccc(-c2ccccc2)cc1.Cl. The van der Waals surface area contributed by atoms with E-state index in [1.165, 1.54) is 12.0 Å². The van der Waals surface area contributed by atoms with Gasteiger partial charge in [0.15, 0.2) is 5.69 Å². The molecule has 0 bridgehead atoms. The number of carbonyl (C=O) groups is 1. The number of carbonyl (C=O) groups excluding carboxylic acids is 1. The third-order valence-electron chi connectivity index (χ3n) is 5.33. The molecule has 2 aromatic carbocycles. The van der Waals surface area contributed by atoms with Crippen LogP contribution in [0, 0.1) is 12.8 Å². The molecule has 0 aliphatic carbocycles. The van der Waals surface area contributed by atoms with Crippen molar-refractivity contribution in [1.82, 2.24) is 25.6 Å². The fraction of sp³-hybridized carbons (Fsp3) is 0.318. The molecule has 0 radical (unpaired) electrons. The number of nitrogens with one attached hydrogen (secondary N) is 2. The topological polar surface area (TPSA) is 71.8 Å². The molecule has 1 unspecified atom stereocenters. The van der Waals surface area contributed by atoms with Gasteiger partial charge in [-0.15, -0.1) is 17.5 Å². The fourth-order valence-corrected chi connectivity index (χ4v) is 3.64. The summed E-state index contributed by atoms with van der Waals surface area (Å²) < 4.78 is 1.71. The maximum atomic E-state index is 12.5. The summed E-state index contributed by atoms with van der Waals surface area (Å²) in [7, 11) is 0. The number of hydrogen-bond acceptors (Lipinski definition) is 4. The molecule has 0 spiro atoms. The fourth-order valence-electron chi connectivity index (χ4n) is 3.64. The molecule has 4 rings (SSSR count). The molecule has 0 saturated carbocycles. The van der Waals surface area contributed by atoms with Crippen molar-refractivity contribution >= 4 is 18.3 Å². The number of rotatable bonds is 6. The van der Waals surface area contributed by atoms with Crippen molar-refractivity contribution in [3.8, 4) is 16.8 Å². The number of hydrogen-bond donors (Lipinski definition) is 2. The van der Waals surface area contributed by atoms with E-state index in [1.807, 2.05) is 37.3 Å². The highest BCUT2D eigenvalue weighted by molar-refractivity contribution is 5.93. The van der Waals surface area contributed by atoms with Gasteiger partial charge in [0.05, 0.1) is 11.4 Å². The Balaban J connectivity index is 0.00000240. The highest BCUT2D eigenvalue weighted by atomic mass is 35.5.